The zero-order chi connectivity index (χ0) is 7.40. The first-order valence-electron chi connectivity index (χ1n) is 3.33. The molecule has 0 fully saturated rings. The number of rotatable bonds is 2. The summed E-state index contributed by atoms with van der Waals surface area (Å²) in [6.07, 6.45) is 5.94. The van der Waals surface area contributed by atoms with Gasteiger partial charge in [0.05, 0.1) is 11.4 Å². The Morgan fingerprint density at radius 1 is 1.70 bits per heavy atom. The molecule has 1 rings (SSSR count). The maximum absolute atomic E-state index is 6.82. The highest BCUT2D eigenvalue weighted by Gasteiger charge is 2.04. The summed E-state index contributed by atoms with van der Waals surface area (Å²) in [6, 6.07) is 0. The quantitative estimate of drug-likeness (QED) is 0.560. The molecule has 0 radical (unpaired) electrons. The van der Waals surface area contributed by atoms with E-state index in [1.54, 1.807) is 0 Å². The molecule has 0 spiro atoms. The van der Waals surface area contributed by atoms with Gasteiger partial charge >= 0.3 is 0 Å². The van der Waals surface area contributed by atoms with Crippen LogP contribution < -0.4 is 5.32 Å². The SMILES string of the molecule is CNC1=C(N=N)CCC=C1. The standard InChI is InChI=1S/C7H11N3/c1-9-6-4-2-3-5-7(6)10-8/h2,4,8-9H,3,5H2,1H3. The molecule has 0 atom stereocenters. The molecule has 0 saturated carbocycles. The van der Waals surface area contributed by atoms with Crippen LogP contribution in [0.25, 0.3) is 0 Å². The van der Waals surface area contributed by atoms with Gasteiger partial charge in [-0.2, -0.15) is 5.11 Å². The van der Waals surface area contributed by atoms with Gasteiger partial charge in [-0.15, -0.1) is 0 Å². The Morgan fingerprint density at radius 3 is 3.00 bits per heavy atom. The Kier molecular flexibility index (Phi) is 2.20. The molecule has 0 aliphatic heterocycles. The van der Waals surface area contributed by atoms with E-state index in [-0.39, 0.29) is 0 Å². The minimum atomic E-state index is 0.852. The Morgan fingerprint density at radius 2 is 2.50 bits per heavy atom. The first-order valence-corrected chi connectivity index (χ1v) is 3.33. The number of nitrogens with zero attached hydrogens (tertiary/aromatic N) is 1. The molecule has 0 aromatic heterocycles. The molecule has 2 N–H and O–H groups in total. The van der Waals surface area contributed by atoms with Gasteiger partial charge in [-0.25, -0.2) is 5.53 Å². The number of hydrogen-bond donors (Lipinski definition) is 2. The van der Waals surface area contributed by atoms with Crippen molar-refractivity contribution in [3.05, 3.63) is 23.5 Å². The van der Waals surface area contributed by atoms with Crippen LogP contribution >= 0.6 is 0 Å². The molecule has 1 aliphatic rings. The molecule has 10 heavy (non-hydrogen) atoms. The van der Waals surface area contributed by atoms with Gasteiger partial charge in [0.25, 0.3) is 0 Å². The molecule has 1 aliphatic carbocycles. The number of nitrogens with one attached hydrogen (secondary N) is 2. The maximum Gasteiger partial charge on any atom is 0.0857 e. The van der Waals surface area contributed by atoms with Crippen molar-refractivity contribution in [3.63, 3.8) is 0 Å². The van der Waals surface area contributed by atoms with Crippen LogP contribution in [-0.2, 0) is 0 Å². The normalized spacial score (nSPS) is 17.3. The van der Waals surface area contributed by atoms with Crippen LogP contribution in [0.15, 0.2) is 28.7 Å². The van der Waals surface area contributed by atoms with Gasteiger partial charge in [-0.05, 0) is 18.9 Å². The number of likely N-dealkylation sites (N-methyl/N-ethyl adjacent to an activating group) is 1. The highest BCUT2D eigenvalue weighted by Crippen LogP contribution is 2.16. The number of hydrogen-bond acceptors (Lipinski definition) is 3. The van der Waals surface area contributed by atoms with Crippen molar-refractivity contribution < 1.29 is 0 Å². The average Bonchev–Trinajstić information content (AvgIpc) is 2.04. The van der Waals surface area contributed by atoms with Crippen LogP contribution in [0.3, 0.4) is 0 Å². The highest BCUT2D eigenvalue weighted by atomic mass is 15.0. The first kappa shape index (κ1) is 6.99. The van der Waals surface area contributed by atoms with Crippen molar-refractivity contribution in [2.24, 2.45) is 5.11 Å². The molecular weight excluding hydrogens is 126 g/mol. The second kappa shape index (κ2) is 3.15. The molecule has 0 aromatic carbocycles. The summed E-state index contributed by atoms with van der Waals surface area (Å²) in [7, 11) is 1.84. The van der Waals surface area contributed by atoms with E-state index >= 15 is 0 Å². The Hall–Kier alpha value is -1.12. The van der Waals surface area contributed by atoms with Crippen LogP contribution in [0.1, 0.15) is 12.8 Å². The molecule has 0 amide bonds. The van der Waals surface area contributed by atoms with Crippen molar-refractivity contribution in [2.75, 3.05) is 7.05 Å². The Bertz CT molecular complexity index is 191. The largest absolute Gasteiger partial charge is 0.387 e. The van der Waals surface area contributed by atoms with E-state index in [9.17, 15) is 0 Å². The van der Waals surface area contributed by atoms with Gasteiger partial charge in [-0.1, -0.05) is 6.08 Å². The van der Waals surface area contributed by atoms with Crippen molar-refractivity contribution in [1.82, 2.24) is 5.32 Å². The number of allylic oxidation sites excluding steroid dienone is 3. The van der Waals surface area contributed by atoms with Crippen molar-refractivity contribution in [3.8, 4) is 0 Å². The summed E-state index contributed by atoms with van der Waals surface area (Å²) in [5, 5.41) is 6.40. The molecule has 0 aromatic rings. The average molecular weight is 137 g/mol. The molecule has 0 heterocycles. The topological polar surface area (TPSA) is 48.2 Å². The van der Waals surface area contributed by atoms with E-state index in [4.69, 9.17) is 5.53 Å². The second-order valence-electron chi connectivity index (χ2n) is 2.16. The fourth-order valence-corrected chi connectivity index (χ4v) is 0.996. The van der Waals surface area contributed by atoms with Gasteiger partial charge in [0.15, 0.2) is 0 Å². The molecule has 0 bridgehead atoms. The summed E-state index contributed by atoms with van der Waals surface area (Å²) in [5.74, 6) is 0. The summed E-state index contributed by atoms with van der Waals surface area (Å²) in [4.78, 5) is 0. The first-order chi connectivity index (χ1) is 4.88. The Labute approximate surface area is 60.3 Å². The second-order valence-corrected chi connectivity index (χ2v) is 2.16. The van der Waals surface area contributed by atoms with Crippen molar-refractivity contribution in [1.29, 1.82) is 5.53 Å². The smallest absolute Gasteiger partial charge is 0.0857 e. The predicted octanol–water partition coefficient (Wildman–Crippen LogP) is 1.80. The van der Waals surface area contributed by atoms with E-state index in [2.05, 4.69) is 16.5 Å². The molecule has 54 valence electrons. The third-order valence-electron chi connectivity index (χ3n) is 1.55. The van der Waals surface area contributed by atoms with E-state index in [0.29, 0.717) is 0 Å². The lowest BCUT2D eigenvalue weighted by Gasteiger charge is -2.09. The molecule has 0 saturated heterocycles. The van der Waals surface area contributed by atoms with E-state index < -0.39 is 0 Å². The zero-order valence-electron chi connectivity index (χ0n) is 6.02. The van der Waals surface area contributed by atoms with Crippen molar-refractivity contribution >= 4 is 0 Å². The van der Waals surface area contributed by atoms with Gasteiger partial charge in [0, 0.05) is 7.05 Å². The molecule has 3 nitrogen and oxygen atoms in total. The van der Waals surface area contributed by atoms with Crippen LogP contribution in [0, 0.1) is 5.53 Å². The Balaban J connectivity index is 2.83. The van der Waals surface area contributed by atoms with Gasteiger partial charge in [0.1, 0.15) is 0 Å². The monoisotopic (exact) mass is 137 g/mol. The van der Waals surface area contributed by atoms with E-state index in [0.717, 1.165) is 24.2 Å². The predicted molar refractivity (Wildman–Crippen MR) is 39.6 cm³/mol. The van der Waals surface area contributed by atoms with Crippen LogP contribution in [0.4, 0.5) is 0 Å². The fourth-order valence-electron chi connectivity index (χ4n) is 0.996. The fraction of sp³-hybridized carbons (Fsp3) is 0.429. The lowest BCUT2D eigenvalue weighted by molar-refractivity contribution is 0.831. The van der Waals surface area contributed by atoms with Gasteiger partial charge < -0.3 is 5.32 Å². The lowest BCUT2D eigenvalue weighted by Crippen LogP contribution is -2.08. The third kappa shape index (κ3) is 1.23. The molecule has 0 unspecified atom stereocenters. The third-order valence-corrected chi connectivity index (χ3v) is 1.55. The minimum absolute atomic E-state index is 0.852. The summed E-state index contributed by atoms with van der Waals surface area (Å²) in [6.45, 7) is 0. The summed E-state index contributed by atoms with van der Waals surface area (Å²) >= 11 is 0. The van der Waals surface area contributed by atoms with Crippen LogP contribution in [0.5, 0.6) is 0 Å². The highest BCUT2D eigenvalue weighted by molar-refractivity contribution is 5.26. The van der Waals surface area contributed by atoms with E-state index in [1.165, 1.54) is 0 Å². The minimum Gasteiger partial charge on any atom is -0.387 e. The van der Waals surface area contributed by atoms with Crippen LogP contribution in [0.2, 0.25) is 0 Å². The molecular formula is C7H11N3. The van der Waals surface area contributed by atoms with Crippen molar-refractivity contribution in [2.45, 2.75) is 12.8 Å². The van der Waals surface area contributed by atoms with E-state index in [1.807, 2.05) is 13.1 Å². The summed E-state index contributed by atoms with van der Waals surface area (Å²) in [5.41, 5.74) is 8.65. The summed E-state index contributed by atoms with van der Waals surface area (Å²) < 4.78 is 0. The van der Waals surface area contributed by atoms with Gasteiger partial charge in [-0.3, -0.25) is 0 Å². The molecule has 3 heteroatoms. The maximum atomic E-state index is 6.82. The van der Waals surface area contributed by atoms with Gasteiger partial charge in [0.2, 0.25) is 0 Å². The lowest BCUT2D eigenvalue weighted by atomic mass is 10.1. The zero-order valence-corrected chi connectivity index (χ0v) is 6.02. The van der Waals surface area contributed by atoms with Crippen LogP contribution in [-0.4, -0.2) is 7.05 Å².